The molecule has 3 aliphatic rings. The fourth-order valence-electron chi connectivity index (χ4n) is 4.33. The van der Waals surface area contributed by atoms with Gasteiger partial charge in [0.05, 0.1) is 5.56 Å². The molecular formula is C22H29F2NO2S. The van der Waals surface area contributed by atoms with Crippen LogP contribution >= 0.6 is 11.3 Å². The lowest BCUT2D eigenvalue weighted by Crippen LogP contribution is -2.40. The molecule has 1 aromatic heterocycles. The number of ether oxygens (including phenoxy) is 1. The van der Waals surface area contributed by atoms with Crippen molar-refractivity contribution in [2.24, 2.45) is 11.8 Å². The molecule has 0 bridgehead atoms. The van der Waals surface area contributed by atoms with Gasteiger partial charge in [-0.05, 0) is 62.3 Å². The van der Waals surface area contributed by atoms with Crippen LogP contribution in [0.2, 0.25) is 0 Å². The van der Waals surface area contributed by atoms with Crippen molar-refractivity contribution in [2.75, 3.05) is 13.2 Å². The second-order valence-corrected chi connectivity index (χ2v) is 9.50. The van der Waals surface area contributed by atoms with Gasteiger partial charge >= 0.3 is 0 Å². The molecule has 0 radical (unpaired) electrons. The van der Waals surface area contributed by atoms with Gasteiger partial charge in [0, 0.05) is 42.4 Å². The molecule has 6 heteroatoms. The van der Waals surface area contributed by atoms with Crippen LogP contribution in [0, 0.1) is 11.8 Å². The minimum atomic E-state index is -2.56. The Kier molecular flexibility index (Phi) is 6.16. The maximum atomic E-state index is 13.2. The summed E-state index contributed by atoms with van der Waals surface area (Å²) in [4.78, 5) is 13.7. The van der Waals surface area contributed by atoms with Crippen LogP contribution in [0.5, 0.6) is 0 Å². The summed E-state index contributed by atoms with van der Waals surface area (Å²) in [6, 6.07) is 1.88. The van der Waals surface area contributed by atoms with E-state index in [2.05, 4.69) is 17.5 Å². The minimum Gasteiger partial charge on any atom is -0.381 e. The number of allylic oxidation sites excluding steroid dienone is 2. The van der Waals surface area contributed by atoms with Crippen molar-refractivity contribution in [3.63, 3.8) is 0 Å². The summed E-state index contributed by atoms with van der Waals surface area (Å²) in [6.45, 7) is 1.76. The highest BCUT2D eigenvalue weighted by Gasteiger charge is 2.39. The van der Waals surface area contributed by atoms with Crippen molar-refractivity contribution in [3.8, 4) is 0 Å². The SMILES string of the molecule is O=C(NC1CCC(F)(F)CC1)c1csc([C@@H]2C[C@H]2C/C=C/C2CCOCC2)c1. The molecule has 1 saturated heterocycles. The smallest absolute Gasteiger partial charge is 0.252 e. The molecule has 2 atom stereocenters. The van der Waals surface area contributed by atoms with Gasteiger partial charge in [0.2, 0.25) is 5.92 Å². The lowest BCUT2D eigenvalue weighted by atomic mass is 9.92. The van der Waals surface area contributed by atoms with E-state index in [4.69, 9.17) is 4.74 Å². The Morgan fingerprint density at radius 2 is 2.00 bits per heavy atom. The van der Waals surface area contributed by atoms with E-state index >= 15 is 0 Å². The zero-order valence-electron chi connectivity index (χ0n) is 16.2. The first-order valence-corrected chi connectivity index (χ1v) is 11.4. The van der Waals surface area contributed by atoms with Gasteiger partial charge in [0.25, 0.3) is 5.91 Å². The Hall–Kier alpha value is -1.27. The second-order valence-electron chi connectivity index (χ2n) is 8.56. The number of thiophene rings is 1. The number of carbonyl (C=O) groups excluding carboxylic acids is 1. The first-order chi connectivity index (χ1) is 13.5. The van der Waals surface area contributed by atoms with Crippen LogP contribution in [0.25, 0.3) is 0 Å². The van der Waals surface area contributed by atoms with E-state index in [1.165, 1.54) is 11.3 Å². The van der Waals surface area contributed by atoms with Crippen molar-refractivity contribution < 1.29 is 18.3 Å². The lowest BCUT2D eigenvalue weighted by Gasteiger charge is -2.28. The number of halogens is 2. The van der Waals surface area contributed by atoms with E-state index < -0.39 is 5.92 Å². The standard InChI is InChI=1S/C22H29F2NO2S/c23-22(24)8-4-18(5-9-22)25-21(26)17-13-20(28-14-17)19-12-16(19)3-1-2-15-6-10-27-11-7-15/h1-2,13-16,18-19H,3-12H2,(H,25,26)/b2-1+/t16-,19-/m1/s1. The third-order valence-electron chi connectivity index (χ3n) is 6.34. The maximum Gasteiger partial charge on any atom is 0.252 e. The van der Waals surface area contributed by atoms with Gasteiger partial charge in [-0.2, -0.15) is 0 Å². The zero-order valence-corrected chi connectivity index (χ0v) is 17.0. The normalized spacial score (nSPS) is 28.5. The van der Waals surface area contributed by atoms with Gasteiger partial charge < -0.3 is 10.1 Å². The van der Waals surface area contributed by atoms with Gasteiger partial charge in [-0.15, -0.1) is 11.3 Å². The van der Waals surface area contributed by atoms with Gasteiger partial charge in [-0.1, -0.05) is 12.2 Å². The monoisotopic (exact) mass is 409 g/mol. The molecule has 2 saturated carbocycles. The van der Waals surface area contributed by atoms with Crippen LogP contribution in [0.15, 0.2) is 23.6 Å². The summed E-state index contributed by atoms with van der Waals surface area (Å²) in [5.74, 6) is -0.751. The van der Waals surface area contributed by atoms with E-state index in [9.17, 15) is 13.6 Å². The molecule has 2 heterocycles. The zero-order chi connectivity index (χ0) is 19.6. The van der Waals surface area contributed by atoms with Crippen molar-refractivity contribution in [3.05, 3.63) is 34.0 Å². The highest BCUT2D eigenvalue weighted by molar-refractivity contribution is 7.10. The number of carbonyl (C=O) groups is 1. The van der Waals surface area contributed by atoms with Crippen molar-refractivity contribution in [1.29, 1.82) is 0 Å². The van der Waals surface area contributed by atoms with Crippen LogP contribution in [0.4, 0.5) is 8.78 Å². The number of amides is 1. The Morgan fingerprint density at radius 3 is 2.75 bits per heavy atom. The van der Waals surface area contributed by atoms with Crippen LogP contribution in [-0.4, -0.2) is 31.1 Å². The summed E-state index contributed by atoms with van der Waals surface area (Å²) < 4.78 is 31.9. The van der Waals surface area contributed by atoms with E-state index in [-0.39, 0.29) is 24.8 Å². The second kappa shape index (κ2) is 8.62. The van der Waals surface area contributed by atoms with Crippen molar-refractivity contribution in [2.45, 2.75) is 69.2 Å². The van der Waals surface area contributed by atoms with Crippen molar-refractivity contribution in [1.82, 2.24) is 5.32 Å². The van der Waals surface area contributed by atoms with Crippen LogP contribution in [0.3, 0.4) is 0 Å². The molecule has 154 valence electrons. The molecule has 1 aromatic rings. The summed E-state index contributed by atoms with van der Waals surface area (Å²) in [5.41, 5.74) is 0.681. The fourth-order valence-corrected chi connectivity index (χ4v) is 5.43. The molecule has 1 N–H and O–H groups in total. The number of rotatable bonds is 6. The lowest BCUT2D eigenvalue weighted by molar-refractivity contribution is -0.0399. The van der Waals surface area contributed by atoms with Crippen LogP contribution in [0.1, 0.15) is 72.5 Å². The summed E-state index contributed by atoms with van der Waals surface area (Å²) in [6.07, 6.45) is 9.73. The molecule has 0 spiro atoms. The van der Waals surface area contributed by atoms with E-state index in [1.807, 2.05) is 11.4 Å². The van der Waals surface area contributed by atoms with E-state index in [0.29, 0.717) is 36.2 Å². The van der Waals surface area contributed by atoms with Gasteiger partial charge in [-0.3, -0.25) is 4.79 Å². The highest BCUT2D eigenvalue weighted by Crippen LogP contribution is 2.51. The molecule has 1 amide bonds. The summed E-state index contributed by atoms with van der Waals surface area (Å²) in [5, 5.41) is 4.85. The number of hydrogen-bond donors (Lipinski definition) is 1. The molecule has 4 rings (SSSR count). The molecule has 0 aromatic carbocycles. The predicted molar refractivity (Wildman–Crippen MR) is 107 cm³/mol. The summed E-state index contributed by atoms with van der Waals surface area (Å²) in [7, 11) is 0. The quantitative estimate of drug-likeness (QED) is 0.627. The topological polar surface area (TPSA) is 38.3 Å². The first kappa shape index (κ1) is 20.0. The minimum absolute atomic E-state index is 0.116. The molecule has 3 fully saturated rings. The van der Waals surface area contributed by atoms with E-state index in [0.717, 1.165) is 32.5 Å². The molecule has 1 aliphatic heterocycles. The molecule has 28 heavy (non-hydrogen) atoms. The molecule has 0 unspecified atom stereocenters. The third-order valence-corrected chi connectivity index (χ3v) is 7.40. The van der Waals surface area contributed by atoms with Gasteiger partial charge in [-0.25, -0.2) is 8.78 Å². The molecular weight excluding hydrogens is 380 g/mol. The Bertz CT molecular complexity index is 701. The highest BCUT2D eigenvalue weighted by atomic mass is 32.1. The number of alkyl halides is 2. The van der Waals surface area contributed by atoms with Crippen LogP contribution < -0.4 is 5.32 Å². The van der Waals surface area contributed by atoms with Gasteiger partial charge in [0.15, 0.2) is 0 Å². The van der Waals surface area contributed by atoms with E-state index in [1.54, 1.807) is 11.3 Å². The molecule has 3 nitrogen and oxygen atoms in total. The average molecular weight is 410 g/mol. The Labute approximate surface area is 169 Å². The first-order valence-electron chi connectivity index (χ1n) is 10.5. The number of hydrogen-bond acceptors (Lipinski definition) is 3. The largest absolute Gasteiger partial charge is 0.381 e. The summed E-state index contributed by atoms with van der Waals surface area (Å²) >= 11 is 1.65. The fraction of sp³-hybridized carbons (Fsp3) is 0.682. The third kappa shape index (κ3) is 5.20. The maximum absolute atomic E-state index is 13.2. The number of nitrogens with one attached hydrogen (secondary N) is 1. The Balaban J connectivity index is 1.22. The molecule has 2 aliphatic carbocycles. The van der Waals surface area contributed by atoms with Crippen LogP contribution in [-0.2, 0) is 4.74 Å². The Morgan fingerprint density at radius 1 is 1.25 bits per heavy atom. The van der Waals surface area contributed by atoms with Gasteiger partial charge in [0.1, 0.15) is 0 Å². The predicted octanol–water partition coefficient (Wildman–Crippen LogP) is 5.53. The average Bonchev–Trinajstić information content (AvgIpc) is 3.28. The van der Waals surface area contributed by atoms with Crippen molar-refractivity contribution >= 4 is 17.2 Å².